The number of hydrogen-bond acceptors (Lipinski definition) is 4. The van der Waals surface area contributed by atoms with Gasteiger partial charge in [-0.3, -0.25) is 4.79 Å². The molecule has 0 aromatic heterocycles. The molecular formula is C14H18F2N2O3. The van der Waals surface area contributed by atoms with E-state index in [4.69, 9.17) is 4.84 Å². The van der Waals surface area contributed by atoms with E-state index in [2.05, 4.69) is 15.2 Å². The predicted octanol–water partition coefficient (Wildman–Crippen LogP) is 2.41. The van der Waals surface area contributed by atoms with Gasteiger partial charge >= 0.3 is 6.61 Å². The molecular weight excluding hydrogens is 282 g/mol. The number of nitrogens with zero attached hydrogens (tertiary/aromatic N) is 1. The zero-order chi connectivity index (χ0) is 15.7. The van der Waals surface area contributed by atoms with E-state index >= 15 is 0 Å². The first-order chi connectivity index (χ1) is 9.99. The van der Waals surface area contributed by atoms with E-state index in [0.29, 0.717) is 18.0 Å². The lowest BCUT2D eigenvalue weighted by molar-refractivity contribution is -0.125. The smallest absolute Gasteiger partial charge is 0.387 e. The molecule has 0 spiro atoms. The number of hydrogen-bond donors (Lipinski definition) is 1. The van der Waals surface area contributed by atoms with Crippen LogP contribution in [0.4, 0.5) is 8.78 Å². The van der Waals surface area contributed by atoms with Crippen LogP contribution in [-0.4, -0.2) is 31.9 Å². The number of amides is 1. The quantitative estimate of drug-likeness (QED) is 0.592. The SMILES string of the molecule is CC(C)CNC(=O)CO/N=C/c1ccccc1OC(F)F. The summed E-state index contributed by atoms with van der Waals surface area (Å²) in [6.45, 7) is 1.35. The Morgan fingerprint density at radius 1 is 1.38 bits per heavy atom. The number of para-hydroxylation sites is 1. The first-order valence-electron chi connectivity index (χ1n) is 6.45. The number of benzene rings is 1. The lowest BCUT2D eigenvalue weighted by Gasteiger charge is -2.07. The van der Waals surface area contributed by atoms with Crippen molar-refractivity contribution in [2.45, 2.75) is 20.5 Å². The topological polar surface area (TPSA) is 59.9 Å². The summed E-state index contributed by atoms with van der Waals surface area (Å²) >= 11 is 0. The maximum Gasteiger partial charge on any atom is 0.387 e. The first-order valence-corrected chi connectivity index (χ1v) is 6.45. The number of oxime groups is 1. The van der Waals surface area contributed by atoms with Crippen LogP contribution in [0.2, 0.25) is 0 Å². The molecule has 0 atom stereocenters. The Labute approximate surface area is 121 Å². The van der Waals surface area contributed by atoms with Crippen molar-refractivity contribution >= 4 is 12.1 Å². The van der Waals surface area contributed by atoms with Crippen LogP contribution < -0.4 is 10.1 Å². The standard InChI is InChI=1S/C14H18F2N2O3/c1-10(2)7-17-13(19)9-20-18-8-11-5-3-4-6-12(11)21-14(15)16/h3-6,8,10,14H,7,9H2,1-2H3,(H,17,19)/b18-8+. The third-order valence-electron chi connectivity index (χ3n) is 2.30. The maximum atomic E-state index is 12.2. The Kier molecular flexibility index (Phi) is 7.14. The fourth-order valence-electron chi connectivity index (χ4n) is 1.35. The Bertz CT molecular complexity index is 479. The summed E-state index contributed by atoms with van der Waals surface area (Å²) in [5, 5.41) is 6.22. The normalized spacial score (nSPS) is 11.1. The summed E-state index contributed by atoms with van der Waals surface area (Å²) in [5.41, 5.74) is 0.334. The maximum absolute atomic E-state index is 12.2. The van der Waals surface area contributed by atoms with E-state index < -0.39 is 6.61 Å². The molecule has 1 aromatic rings. The third-order valence-corrected chi connectivity index (χ3v) is 2.30. The Hall–Kier alpha value is -2.18. The van der Waals surface area contributed by atoms with Crippen LogP contribution in [0.1, 0.15) is 19.4 Å². The van der Waals surface area contributed by atoms with Gasteiger partial charge in [-0.1, -0.05) is 31.1 Å². The molecule has 0 aliphatic carbocycles. The molecule has 0 saturated carbocycles. The molecule has 0 bridgehead atoms. The van der Waals surface area contributed by atoms with Crippen molar-refractivity contribution < 1.29 is 23.1 Å². The van der Waals surface area contributed by atoms with E-state index in [-0.39, 0.29) is 18.3 Å². The summed E-state index contributed by atoms with van der Waals surface area (Å²) in [6.07, 6.45) is 1.22. The lowest BCUT2D eigenvalue weighted by atomic mass is 10.2. The van der Waals surface area contributed by atoms with Crippen LogP contribution in [-0.2, 0) is 9.63 Å². The third kappa shape index (κ3) is 7.24. The second-order valence-corrected chi connectivity index (χ2v) is 4.62. The molecule has 0 radical (unpaired) electrons. The van der Waals surface area contributed by atoms with Gasteiger partial charge in [0.25, 0.3) is 5.91 Å². The number of rotatable bonds is 8. The molecule has 5 nitrogen and oxygen atoms in total. The average molecular weight is 300 g/mol. The highest BCUT2D eigenvalue weighted by Gasteiger charge is 2.07. The summed E-state index contributed by atoms with van der Waals surface area (Å²) in [4.78, 5) is 16.1. The van der Waals surface area contributed by atoms with Crippen LogP contribution in [0.25, 0.3) is 0 Å². The Morgan fingerprint density at radius 2 is 2.10 bits per heavy atom. The summed E-state index contributed by atoms with van der Waals surface area (Å²) < 4.78 is 28.7. The van der Waals surface area contributed by atoms with E-state index in [1.807, 2.05) is 13.8 Å². The minimum absolute atomic E-state index is 0.0101. The highest BCUT2D eigenvalue weighted by molar-refractivity contribution is 5.83. The van der Waals surface area contributed by atoms with E-state index in [0.717, 1.165) is 0 Å². The van der Waals surface area contributed by atoms with Gasteiger partial charge in [0.05, 0.1) is 6.21 Å². The fourth-order valence-corrected chi connectivity index (χ4v) is 1.35. The summed E-state index contributed by atoms with van der Waals surface area (Å²) in [7, 11) is 0. The van der Waals surface area contributed by atoms with Crippen molar-refractivity contribution in [2.24, 2.45) is 11.1 Å². The molecule has 0 aliphatic rings. The molecule has 0 heterocycles. The largest absolute Gasteiger partial charge is 0.434 e. The summed E-state index contributed by atoms with van der Waals surface area (Å²) in [6, 6.07) is 6.15. The first kappa shape index (κ1) is 16.9. The lowest BCUT2D eigenvalue weighted by Crippen LogP contribution is -2.30. The highest BCUT2D eigenvalue weighted by atomic mass is 19.3. The van der Waals surface area contributed by atoms with Crippen molar-refractivity contribution in [2.75, 3.05) is 13.2 Å². The molecule has 0 fully saturated rings. The fraction of sp³-hybridized carbons (Fsp3) is 0.429. The molecule has 1 aromatic carbocycles. The average Bonchev–Trinajstić information content (AvgIpc) is 2.42. The molecule has 0 aliphatic heterocycles. The van der Waals surface area contributed by atoms with Crippen molar-refractivity contribution in [3.63, 3.8) is 0 Å². The van der Waals surface area contributed by atoms with Crippen molar-refractivity contribution in [1.82, 2.24) is 5.32 Å². The van der Waals surface area contributed by atoms with Gasteiger partial charge in [-0.15, -0.1) is 0 Å². The second kappa shape index (κ2) is 8.89. The predicted molar refractivity (Wildman–Crippen MR) is 74.5 cm³/mol. The zero-order valence-electron chi connectivity index (χ0n) is 11.9. The zero-order valence-corrected chi connectivity index (χ0v) is 11.9. The Morgan fingerprint density at radius 3 is 2.76 bits per heavy atom. The van der Waals surface area contributed by atoms with Crippen molar-refractivity contribution in [1.29, 1.82) is 0 Å². The van der Waals surface area contributed by atoms with Gasteiger partial charge in [-0.05, 0) is 18.1 Å². The van der Waals surface area contributed by atoms with Gasteiger partial charge in [-0.25, -0.2) is 0 Å². The number of alkyl halides is 2. The van der Waals surface area contributed by atoms with Gasteiger partial charge in [0, 0.05) is 12.1 Å². The van der Waals surface area contributed by atoms with Gasteiger partial charge in [0.1, 0.15) is 5.75 Å². The van der Waals surface area contributed by atoms with Crippen LogP contribution in [0, 0.1) is 5.92 Å². The van der Waals surface area contributed by atoms with Crippen LogP contribution in [0.3, 0.4) is 0 Å². The van der Waals surface area contributed by atoms with Gasteiger partial charge in [0.2, 0.25) is 0 Å². The number of nitrogens with one attached hydrogen (secondary N) is 1. The van der Waals surface area contributed by atoms with Crippen LogP contribution in [0.5, 0.6) is 5.75 Å². The number of halogens is 2. The molecule has 1 rings (SSSR count). The van der Waals surface area contributed by atoms with Crippen molar-refractivity contribution in [3.05, 3.63) is 29.8 Å². The second-order valence-electron chi connectivity index (χ2n) is 4.62. The van der Waals surface area contributed by atoms with Crippen molar-refractivity contribution in [3.8, 4) is 5.75 Å². The van der Waals surface area contributed by atoms with E-state index in [1.165, 1.54) is 12.3 Å². The molecule has 1 amide bonds. The van der Waals surface area contributed by atoms with E-state index in [9.17, 15) is 13.6 Å². The number of carbonyl (C=O) groups is 1. The van der Waals surface area contributed by atoms with Crippen LogP contribution >= 0.6 is 0 Å². The minimum atomic E-state index is -2.91. The summed E-state index contributed by atoms with van der Waals surface area (Å²) in [5.74, 6) is 0.0397. The monoisotopic (exact) mass is 300 g/mol. The van der Waals surface area contributed by atoms with Crippen LogP contribution in [0.15, 0.2) is 29.4 Å². The molecule has 7 heteroatoms. The minimum Gasteiger partial charge on any atom is -0.434 e. The highest BCUT2D eigenvalue weighted by Crippen LogP contribution is 2.18. The number of carbonyl (C=O) groups excluding carboxylic acids is 1. The molecule has 0 unspecified atom stereocenters. The Balaban J connectivity index is 2.45. The molecule has 1 N–H and O–H groups in total. The van der Waals surface area contributed by atoms with Gasteiger partial charge in [-0.2, -0.15) is 8.78 Å². The van der Waals surface area contributed by atoms with Gasteiger partial charge < -0.3 is 14.9 Å². The molecule has 116 valence electrons. The van der Waals surface area contributed by atoms with Gasteiger partial charge in [0.15, 0.2) is 6.61 Å². The molecule has 21 heavy (non-hydrogen) atoms. The number of ether oxygens (including phenoxy) is 1. The van der Waals surface area contributed by atoms with E-state index in [1.54, 1.807) is 18.2 Å². The molecule has 0 saturated heterocycles.